The average molecular weight is 252 g/mol. The van der Waals surface area contributed by atoms with Gasteiger partial charge >= 0.3 is 11.8 Å². The lowest BCUT2D eigenvalue weighted by atomic mass is 10.2. The standard InChI is InChI=1S/C11H8ClN2O3/c1-17-9-3-2-7(6-8(9)12)14-5-4-13-10(15)11(14)16/h2-6H,1H3/q+1. The van der Waals surface area contributed by atoms with Gasteiger partial charge in [-0.25, -0.2) is 9.79 Å². The lowest BCUT2D eigenvalue weighted by Gasteiger charge is -2.04. The molecule has 2 rings (SSSR count). The van der Waals surface area contributed by atoms with Crippen molar-refractivity contribution < 1.29 is 18.9 Å². The molecule has 1 aliphatic heterocycles. The van der Waals surface area contributed by atoms with Crippen LogP contribution in [0.5, 0.6) is 5.75 Å². The minimum atomic E-state index is -0.806. The summed E-state index contributed by atoms with van der Waals surface area (Å²) in [6.07, 6.45) is 2.67. The SMILES string of the molecule is COc1ccc([N+]2=CC=NC(=O)C2=O)cc1Cl. The number of ether oxygens (including phenoxy) is 1. The van der Waals surface area contributed by atoms with Gasteiger partial charge in [0.15, 0.2) is 6.21 Å². The molecule has 0 bridgehead atoms. The van der Waals surface area contributed by atoms with Crippen LogP contribution < -0.4 is 4.74 Å². The summed E-state index contributed by atoms with van der Waals surface area (Å²) in [4.78, 5) is 26.0. The van der Waals surface area contributed by atoms with Crippen LogP contribution in [0.3, 0.4) is 0 Å². The van der Waals surface area contributed by atoms with Crippen molar-refractivity contribution >= 4 is 41.5 Å². The average Bonchev–Trinajstić information content (AvgIpc) is 2.32. The number of carbonyl (C=O) groups excluding carboxylic acids is 2. The number of aliphatic imine (C=N–C) groups is 1. The first-order valence-corrected chi connectivity index (χ1v) is 5.10. The topological polar surface area (TPSA) is 58.7 Å². The Bertz CT molecular complexity index is 564. The fraction of sp³-hybridized carbons (Fsp3) is 0.0909. The molecule has 86 valence electrons. The van der Waals surface area contributed by atoms with E-state index >= 15 is 0 Å². The molecule has 1 aliphatic rings. The highest BCUT2D eigenvalue weighted by atomic mass is 35.5. The molecule has 0 fully saturated rings. The minimum Gasteiger partial charge on any atom is -0.495 e. The molecular formula is C11H8ClN2O3+. The number of rotatable bonds is 2. The van der Waals surface area contributed by atoms with E-state index in [0.717, 1.165) is 0 Å². The molecule has 0 N–H and O–H groups in total. The maximum Gasteiger partial charge on any atom is 0.485 e. The Balaban J connectivity index is 2.45. The third-order valence-corrected chi connectivity index (χ3v) is 2.52. The molecule has 5 nitrogen and oxygen atoms in total. The Morgan fingerprint density at radius 2 is 2.12 bits per heavy atom. The summed E-state index contributed by atoms with van der Waals surface area (Å²) in [5, 5.41) is 0.362. The second-order valence-electron chi connectivity index (χ2n) is 3.23. The first kappa shape index (κ1) is 11.5. The van der Waals surface area contributed by atoms with E-state index in [1.54, 1.807) is 18.2 Å². The monoisotopic (exact) mass is 251 g/mol. The van der Waals surface area contributed by atoms with Gasteiger partial charge in [0.25, 0.3) is 0 Å². The highest BCUT2D eigenvalue weighted by Gasteiger charge is 2.31. The molecule has 1 aromatic rings. The first-order valence-electron chi connectivity index (χ1n) is 4.72. The molecule has 0 aliphatic carbocycles. The second-order valence-corrected chi connectivity index (χ2v) is 3.63. The Morgan fingerprint density at radius 1 is 1.35 bits per heavy atom. The van der Waals surface area contributed by atoms with Crippen molar-refractivity contribution in [3.05, 3.63) is 23.2 Å². The van der Waals surface area contributed by atoms with Crippen LogP contribution in [0.1, 0.15) is 0 Å². The van der Waals surface area contributed by atoms with Gasteiger partial charge in [-0.15, -0.1) is 4.58 Å². The predicted octanol–water partition coefficient (Wildman–Crippen LogP) is 1.20. The van der Waals surface area contributed by atoms with Crippen molar-refractivity contribution in [2.24, 2.45) is 4.99 Å². The van der Waals surface area contributed by atoms with E-state index in [9.17, 15) is 9.59 Å². The lowest BCUT2D eigenvalue weighted by molar-refractivity contribution is -0.356. The highest BCUT2D eigenvalue weighted by molar-refractivity contribution is 6.39. The Labute approximate surface area is 102 Å². The van der Waals surface area contributed by atoms with Crippen LogP contribution in [0.25, 0.3) is 0 Å². The van der Waals surface area contributed by atoms with Gasteiger partial charge in [-0.3, -0.25) is 4.79 Å². The van der Waals surface area contributed by atoms with Gasteiger partial charge in [0.1, 0.15) is 5.75 Å². The van der Waals surface area contributed by atoms with Crippen LogP contribution in [0.2, 0.25) is 5.02 Å². The third kappa shape index (κ3) is 2.09. The smallest absolute Gasteiger partial charge is 0.485 e. The summed E-state index contributed by atoms with van der Waals surface area (Å²) >= 11 is 5.94. The van der Waals surface area contributed by atoms with E-state index in [2.05, 4.69) is 4.99 Å². The van der Waals surface area contributed by atoms with Crippen molar-refractivity contribution in [1.82, 2.24) is 0 Å². The summed E-state index contributed by atoms with van der Waals surface area (Å²) in [6.45, 7) is 0. The largest absolute Gasteiger partial charge is 0.495 e. The van der Waals surface area contributed by atoms with E-state index in [4.69, 9.17) is 16.3 Å². The molecule has 1 aromatic carbocycles. The summed E-state index contributed by atoms with van der Waals surface area (Å²) in [5.41, 5.74) is 0.486. The van der Waals surface area contributed by atoms with Crippen LogP contribution >= 0.6 is 11.6 Å². The maximum absolute atomic E-state index is 11.5. The van der Waals surface area contributed by atoms with Crippen LogP contribution in [0, 0.1) is 0 Å². The van der Waals surface area contributed by atoms with E-state index in [1.807, 2.05) is 0 Å². The highest BCUT2D eigenvalue weighted by Crippen LogP contribution is 2.28. The number of hydrogen-bond donors (Lipinski definition) is 0. The van der Waals surface area contributed by atoms with Crippen molar-refractivity contribution in [2.75, 3.05) is 7.11 Å². The van der Waals surface area contributed by atoms with Gasteiger partial charge in [-0.1, -0.05) is 11.6 Å². The second kappa shape index (κ2) is 4.47. The van der Waals surface area contributed by atoms with Gasteiger partial charge in [0, 0.05) is 12.1 Å². The molecule has 0 unspecified atom stereocenters. The molecule has 0 spiro atoms. The fourth-order valence-electron chi connectivity index (χ4n) is 1.40. The van der Waals surface area contributed by atoms with E-state index in [-0.39, 0.29) is 0 Å². The third-order valence-electron chi connectivity index (χ3n) is 2.22. The van der Waals surface area contributed by atoms with E-state index in [0.29, 0.717) is 16.5 Å². The number of amides is 2. The lowest BCUT2D eigenvalue weighted by Crippen LogP contribution is -2.28. The number of carbonyl (C=O) groups is 2. The van der Waals surface area contributed by atoms with E-state index < -0.39 is 11.8 Å². The molecule has 1 heterocycles. The van der Waals surface area contributed by atoms with Gasteiger partial charge in [-0.2, -0.15) is 0 Å². The van der Waals surface area contributed by atoms with Crippen molar-refractivity contribution in [3.63, 3.8) is 0 Å². The molecule has 6 heteroatoms. The zero-order chi connectivity index (χ0) is 12.4. The number of hydrogen-bond acceptors (Lipinski definition) is 3. The Hall–Kier alpha value is -2.01. The van der Waals surface area contributed by atoms with Crippen LogP contribution in [0.4, 0.5) is 5.69 Å². The molecular weight excluding hydrogens is 244 g/mol. The maximum atomic E-state index is 11.5. The summed E-state index contributed by atoms with van der Waals surface area (Å²) in [5.74, 6) is -1.02. The molecule has 0 saturated carbocycles. The van der Waals surface area contributed by atoms with Crippen molar-refractivity contribution in [3.8, 4) is 5.75 Å². The Kier molecular flexibility index (Phi) is 3.01. The molecule has 0 radical (unpaired) electrons. The summed E-state index contributed by atoms with van der Waals surface area (Å²) < 4.78 is 6.18. The number of halogens is 1. The summed E-state index contributed by atoms with van der Waals surface area (Å²) in [7, 11) is 1.50. The fourth-order valence-corrected chi connectivity index (χ4v) is 1.65. The zero-order valence-electron chi connectivity index (χ0n) is 8.88. The molecule has 2 amide bonds. The van der Waals surface area contributed by atoms with Gasteiger partial charge in [-0.05, 0) is 6.07 Å². The van der Waals surface area contributed by atoms with Gasteiger partial charge < -0.3 is 4.74 Å². The quantitative estimate of drug-likeness (QED) is 0.586. The molecule has 0 saturated heterocycles. The Morgan fingerprint density at radius 3 is 2.76 bits per heavy atom. The minimum absolute atomic E-state index is 0.362. The van der Waals surface area contributed by atoms with Crippen molar-refractivity contribution in [2.45, 2.75) is 0 Å². The molecule has 0 atom stereocenters. The summed E-state index contributed by atoms with van der Waals surface area (Å²) in [6, 6.07) is 4.79. The zero-order valence-corrected chi connectivity index (χ0v) is 9.64. The molecule has 17 heavy (non-hydrogen) atoms. The van der Waals surface area contributed by atoms with Crippen molar-refractivity contribution in [1.29, 1.82) is 0 Å². The van der Waals surface area contributed by atoms with Crippen LogP contribution in [-0.4, -0.2) is 35.9 Å². The number of methoxy groups -OCH3 is 1. The number of benzene rings is 1. The normalized spacial score (nSPS) is 14.8. The van der Waals surface area contributed by atoms with Gasteiger partial charge in [0.2, 0.25) is 5.69 Å². The van der Waals surface area contributed by atoms with Gasteiger partial charge in [0.05, 0.1) is 18.3 Å². The van der Waals surface area contributed by atoms with Crippen LogP contribution in [-0.2, 0) is 9.59 Å². The predicted molar refractivity (Wildman–Crippen MR) is 62.5 cm³/mol. The van der Waals surface area contributed by atoms with E-state index in [1.165, 1.54) is 24.1 Å². The first-order chi connectivity index (χ1) is 8.13. The number of nitrogens with zero attached hydrogens (tertiary/aromatic N) is 2. The van der Waals surface area contributed by atoms with Crippen LogP contribution in [0.15, 0.2) is 23.2 Å². The molecule has 0 aromatic heterocycles.